The molecule has 0 saturated carbocycles. The van der Waals surface area contributed by atoms with Crippen molar-refractivity contribution in [2.24, 2.45) is 5.92 Å². The van der Waals surface area contributed by atoms with Crippen LogP contribution < -0.4 is 5.32 Å². The quantitative estimate of drug-likeness (QED) is 0.821. The van der Waals surface area contributed by atoms with Gasteiger partial charge in [0.05, 0.1) is 6.10 Å². The van der Waals surface area contributed by atoms with Crippen molar-refractivity contribution in [3.8, 4) is 0 Å². The van der Waals surface area contributed by atoms with E-state index in [9.17, 15) is 5.11 Å². The van der Waals surface area contributed by atoms with Gasteiger partial charge in [-0.3, -0.25) is 0 Å². The highest BCUT2D eigenvalue weighted by molar-refractivity contribution is 5.14. The fraction of sp³-hybridized carbons (Fsp3) is 0.625. The minimum atomic E-state index is -0.267. The van der Waals surface area contributed by atoms with E-state index in [-0.39, 0.29) is 6.10 Å². The molecule has 0 aliphatic carbocycles. The molecule has 0 bridgehead atoms. The van der Waals surface area contributed by atoms with Gasteiger partial charge in [-0.05, 0) is 37.4 Å². The zero-order chi connectivity index (χ0) is 13.5. The maximum absolute atomic E-state index is 10.0. The molecule has 1 unspecified atom stereocenters. The van der Waals surface area contributed by atoms with Gasteiger partial charge in [0.2, 0.25) is 0 Å². The van der Waals surface area contributed by atoms with Gasteiger partial charge in [0.1, 0.15) is 0 Å². The van der Waals surface area contributed by atoms with E-state index in [0.29, 0.717) is 6.54 Å². The van der Waals surface area contributed by atoms with Crippen molar-refractivity contribution < 1.29 is 5.11 Å². The summed E-state index contributed by atoms with van der Waals surface area (Å²) < 4.78 is 0. The highest BCUT2D eigenvalue weighted by atomic mass is 16.3. The number of nitrogens with zero attached hydrogens (tertiary/aromatic N) is 1. The third kappa shape index (κ3) is 5.31. The van der Waals surface area contributed by atoms with Crippen molar-refractivity contribution in [3.63, 3.8) is 0 Å². The Morgan fingerprint density at radius 1 is 1.26 bits per heavy atom. The van der Waals surface area contributed by atoms with Crippen LogP contribution in [0.15, 0.2) is 30.3 Å². The van der Waals surface area contributed by atoms with E-state index in [0.717, 1.165) is 32.1 Å². The van der Waals surface area contributed by atoms with Crippen LogP contribution in [-0.4, -0.2) is 42.3 Å². The number of piperidine rings is 1. The summed E-state index contributed by atoms with van der Waals surface area (Å²) >= 11 is 0. The first-order valence-corrected chi connectivity index (χ1v) is 7.39. The van der Waals surface area contributed by atoms with Gasteiger partial charge < -0.3 is 15.3 Å². The molecular weight excluding hydrogens is 236 g/mol. The lowest BCUT2D eigenvalue weighted by atomic mass is 9.99. The summed E-state index contributed by atoms with van der Waals surface area (Å²) in [6.07, 6.45) is 2.27. The van der Waals surface area contributed by atoms with Crippen LogP contribution in [-0.2, 0) is 6.54 Å². The van der Waals surface area contributed by atoms with Crippen LogP contribution in [0.3, 0.4) is 0 Å². The number of likely N-dealkylation sites (tertiary alicyclic amines) is 1. The minimum Gasteiger partial charge on any atom is -0.390 e. The molecule has 3 nitrogen and oxygen atoms in total. The van der Waals surface area contributed by atoms with E-state index in [1.54, 1.807) is 0 Å². The average molecular weight is 262 g/mol. The molecule has 0 amide bonds. The van der Waals surface area contributed by atoms with E-state index in [1.807, 2.05) is 18.2 Å². The minimum absolute atomic E-state index is 0.267. The fourth-order valence-corrected chi connectivity index (χ4v) is 2.59. The Balaban J connectivity index is 1.61. The van der Waals surface area contributed by atoms with E-state index in [2.05, 4.69) is 29.3 Å². The molecule has 0 radical (unpaired) electrons. The monoisotopic (exact) mass is 262 g/mol. The van der Waals surface area contributed by atoms with Gasteiger partial charge in [0.15, 0.2) is 0 Å². The molecule has 1 aromatic carbocycles. The van der Waals surface area contributed by atoms with Crippen molar-refractivity contribution >= 4 is 0 Å². The molecule has 106 valence electrons. The van der Waals surface area contributed by atoms with Crippen LogP contribution in [0.4, 0.5) is 0 Å². The topological polar surface area (TPSA) is 35.5 Å². The first-order valence-electron chi connectivity index (χ1n) is 7.39. The van der Waals surface area contributed by atoms with Gasteiger partial charge in [-0.25, -0.2) is 0 Å². The number of hydrogen-bond acceptors (Lipinski definition) is 3. The lowest BCUT2D eigenvalue weighted by molar-refractivity contribution is 0.0907. The number of β-amino-alcohol motifs (C(OH)–C–C–N with tert-alkyl or cyclic N) is 1. The summed E-state index contributed by atoms with van der Waals surface area (Å²) in [6, 6.07) is 10.3. The number of hydrogen-bond donors (Lipinski definition) is 2. The average Bonchev–Trinajstić information content (AvgIpc) is 2.43. The Kier molecular flexibility index (Phi) is 5.83. The summed E-state index contributed by atoms with van der Waals surface area (Å²) in [5.74, 6) is 0.851. The molecule has 1 saturated heterocycles. The number of rotatable bonds is 6. The Morgan fingerprint density at radius 3 is 2.63 bits per heavy atom. The lowest BCUT2D eigenvalue weighted by Crippen LogP contribution is -2.41. The van der Waals surface area contributed by atoms with Crippen molar-refractivity contribution in [2.45, 2.75) is 32.4 Å². The van der Waals surface area contributed by atoms with Crippen molar-refractivity contribution in [2.75, 3.05) is 26.2 Å². The van der Waals surface area contributed by atoms with E-state index in [1.165, 1.54) is 18.4 Å². The van der Waals surface area contributed by atoms with E-state index in [4.69, 9.17) is 0 Å². The van der Waals surface area contributed by atoms with Crippen LogP contribution in [0, 0.1) is 5.92 Å². The normalized spacial score (nSPS) is 19.5. The van der Waals surface area contributed by atoms with Crippen molar-refractivity contribution in [1.82, 2.24) is 10.2 Å². The zero-order valence-corrected chi connectivity index (χ0v) is 11.9. The maximum Gasteiger partial charge on any atom is 0.0791 e. The third-order valence-electron chi connectivity index (χ3n) is 3.90. The maximum atomic E-state index is 10.0. The first-order chi connectivity index (χ1) is 9.24. The van der Waals surface area contributed by atoms with Crippen LogP contribution in [0.1, 0.15) is 25.3 Å². The van der Waals surface area contributed by atoms with E-state index < -0.39 is 0 Å². The van der Waals surface area contributed by atoms with E-state index >= 15 is 0 Å². The van der Waals surface area contributed by atoms with Crippen LogP contribution in [0.25, 0.3) is 0 Å². The third-order valence-corrected chi connectivity index (χ3v) is 3.90. The largest absolute Gasteiger partial charge is 0.390 e. The summed E-state index contributed by atoms with van der Waals surface area (Å²) in [5, 5.41) is 13.4. The Morgan fingerprint density at radius 2 is 1.95 bits per heavy atom. The van der Waals surface area contributed by atoms with Gasteiger partial charge in [-0.15, -0.1) is 0 Å². The number of aliphatic hydroxyl groups excluding tert-OH is 1. The second-order valence-corrected chi connectivity index (χ2v) is 5.75. The summed E-state index contributed by atoms with van der Waals surface area (Å²) in [7, 11) is 0. The molecule has 1 aliphatic heterocycles. The molecule has 19 heavy (non-hydrogen) atoms. The molecule has 1 heterocycles. The van der Waals surface area contributed by atoms with Crippen molar-refractivity contribution in [1.29, 1.82) is 0 Å². The molecule has 3 heteroatoms. The highest BCUT2D eigenvalue weighted by Crippen LogP contribution is 2.15. The standard InChI is InChI=1S/C16H26N2O/c1-14-7-9-18(10-8-14)13-16(19)12-17-11-15-5-3-2-4-6-15/h2-6,14,16-17,19H,7-13H2,1H3. The smallest absolute Gasteiger partial charge is 0.0791 e. The fourth-order valence-electron chi connectivity index (χ4n) is 2.59. The van der Waals surface area contributed by atoms with Crippen LogP contribution in [0.5, 0.6) is 0 Å². The molecule has 2 rings (SSSR count). The van der Waals surface area contributed by atoms with Crippen molar-refractivity contribution in [3.05, 3.63) is 35.9 Å². The molecule has 0 aromatic heterocycles. The van der Waals surface area contributed by atoms with Gasteiger partial charge in [-0.1, -0.05) is 37.3 Å². The number of nitrogens with one attached hydrogen (secondary N) is 1. The molecule has 1 atom stereocenters. The zero-order valence-electron chi connectivity index (χ0n) is 11.9. The molecule has 2 N–H and O–H groups in total. The molecule has 1 aliphatic rings. The van der Waals surface area contributed by atoms with Gasteiger partial charge in [0.25, 0.3) is 0 Å². The summed E-state index contributed by atoms with van der Waals surface area (Å²) in [6.45, 7) is 6.88. The second kappa shape index (κ2) is 7.63. The molecule has 1 fully saturated rings. The van der Waals surface area contributed by atoms with Crippen LogP contribution >= 0.6 is 0 Å². The molecule has 0 spiro atoms. The molecular formula is C16H26N2O. The molecule has 1 aromatic rings. The highest BCUT2D eigenvalue weighted by Gasteiger charge is 2.17. The number of benzene rings is 1. The Hall–Kier alpha value is -0.900. The summed E-state index contributed by atoms with van der Waals surface area (Å²) in [4.78, 5) is 2.38. The Labute approximate surface area is 116 Å². The second-order valence-electron chi connectivity index (χ2n) is 5.75. The number of aliphatic hydroxyl groups is 1. The van der Waals surface area contributed by atoms with Crippen LogP contribution in [0.2, 0.25) is 0 Å². The summed E-state index contributed by atoms with van der Waals surface area (Å²) in [5.41, 5.74) is 1.27. The first kappa shape index (κ1) is 14.5. The van der Waals surface area contributed by atoms with Gasteiger partial charge in [0, 0.05) is 19.6 Å². The lowest BCUT2D eigenvalue weighted by Gasteiger charge is -2.31. The predicted molar refractivity (Wildman–Crippen MR) is 79.0 cm³/mol. The predicted octanol–water partition coefficient (Wildman–Crippen LogP) is 1.87. The SMILES string of the molecule is CC1CCN(CC(O)CNCc2ccccc2)CC1. The van der Waals surface area contributed by atoms with Gasteiger partial charge in [-0.2, -0.15) is 0 Å². The van der Waals surface area contributed by atoms with Gasteiger partial charge >= 0.3 is 0 Å². The Bertz CT molecular complexity index is 347.